The van der Waals surface area contributed by atoms with Crippen LogP contribution in [-0.2, 0) is 0 Å². The minimum atomic E-state index is 0.673. The first-order chi connectivity index (χ1) is 10.8. The van der Waals surface area contributed by atoms with Gasteiger partial charge in [0.05, 0.1) is 23.3 Å². The van der Waals surface area contributed by atoms with E-state index in [1.807, 2.05) is 0 Å². The molecule has 1 aliphatic heterocycles. The molecule has 1 saturated carbocycles. The number of nitrogens with one attached hydrogen (secondary N) is 1. The van der Waals surface area contributed by atoms with Crippen LogP contribution in [0.3, 0.4) is 0 Å². The highest BCUT2D eigenvalue weighted by Gasteiger charge is 2.29. The number of aromatic nitrogens is 2. The second-order valence-electron chi connectivity index (χ2n) is 6.48. The van der Waals surface area contributed by atoms with Gasteiger partial charge in [0.2, 0.25) is 0 Å². The molecule has 0 bridgehead atoms. The molecule has 22 heavy (non-hydrogen) atoms. The van der Waals surface area contributed by atoms with Crippen molar-refractivity contribution in [3.8, 4) is 5.69 Å². The number of para-hydroxylation sites is 1. The van der Waals surface area contributed by atoms with E-state index in [4.69, 9.17) is 5.10 Å². The molecule has 1 aromatic carbocycles. The van der Waals surface area contributed by atoms with Crippen LogP contribution in [0.5, 0.6) is 0 Å². The summed E-state index contributed by atoms with van der Waals surface area (Å²) in [7, 11) is 0. The van der Waals surface area contributed by atoms with Crippen LogP contribution in [0.4, 0.5) is 5.69 Å². The molecule has 0 atom stereocenters. The second-order valence-corrected chi connectivity index (χ2v) is 6.48. The van der Waals surface area contributed by atoms with Crippen LogP contribution in [-0.4, -0.2) is 36.0 Å². The van der Waals surface area contributed by atoms with E-state index in [1.54, 1.807) is 0 Å². The Labute approximate surface area is 132 Å². The summed E-state index contributed by atoms with van der Waals surface area (Å²) in [5.74, 6) is 0.673. The molecule has 1 saturated heterocycles. The third-order valence-corrected chi connectivity index (χ3v) is 5.08. The van der Waals surface area contributed by atoms with E-state index in [2.05, 4.69) is 52.3 Å². The number of rotatable bonds is 3. The first-order valence-electron chi connectivity index (χ1n) is 8.44. The summed E-state index contributed by atoms with van der Waals surface area (Å²) >= 11 is 0. The Morgan fingerprint density at radius 2 is 1.86 bits per heavy atom. The van der Waals surface area contributed by atoms with Crippen LogP contribution < -0.4 is 10.2 Å². The van der Waals surface area contributed by atoms with Crippen LogP contribution in [0.1, 0.15) is 36.4 Å². The molecule has 2 heterocycles. The molecule has 0 unspecified atom stereocenters. The molecule has 4 nitrogen and oxygen atoms in total. The minimum absolute atomic E-state index is 0.673. The molecule has 0 amide bonds. The van der Waals surface area contributed by atoms with Crippen LogP contribution in [0.15, 0.2) is 30.5 Å². The van der Waals surface area contributed by atoms with Gasteiger partial charge < -0.3 is 10.2 Å². The van der Waals surface area contributed by atoms with Crippen molar-refractivity contribution in [2.75, 3.05) is 31.1 Å². The van der Waals surface area contributed by atoms with E-state index < -0.39 is 0 Å². The molecule has 0 spiro atoms. The van der Waals surface area contributed by atoms with Gasteiger partial charge in [-0.15, -0.1) is 0 Å². The molecule has 1 aromatic heterocycles. The highest BCUT2D eigenvalue weighted by atomic mass is 15.3. The van der Waals surface area contributed by atoms with Gasteiger partial charge >= 0.3 is 0 Å². The van der Waals surface area contributed by atoms with Gasteiger partial charge in [0.1, 0.15) is 0 Å². The van der Waals surface area contributed by atoms with Crippen LogP contribution in [0.25, 0.3) is 5.69 Å². The molecule has 2 fully saturated rings. The van der Waals surface area contributed by atoms with E-state index in [0.29, 0.717) is 5.92 Å². The normalized spacial score (nSPS) is 19.2. The summed E-state index contributed by atoms with van der Waals surface area (Å²) in [5, 5.41) is 8.22. The quantitative estimate of drug-likeness (QED) is 0.945. The first-order valence-corrected chi connectivity index (χ1v) is 8.44. The first kappa shape index (κ1) is 13.8. The zero-order chi connectivity index (χ0) is 14.9. The topological polar surface area (TPSA) is 33.1 Å². The summed E-state index contributed by atoms with van der Waals surface area (Å²) in [4.78, 5) is 2.51. The SMILES string of the molecule is Cc1ccccc1-n1ncc(N2CCNCC2)c1C1CCC1. The van der Waals surface area contributed by atoms with Gasteiger partial charge in [-0.2, -0.15) is 5.10 Å². The van der Waals surface area contributed by atoms with E-state index in [0.717, 1.165) is 26.2 Å². The summed E-state index contributed by atoms with van der Waals surface area (Å²) in [6, 6.07) is 8.57. The Balaban J connectivity index is 1.78. The van der Waals surface area contributed by atoms with Crippen LogP contribution >= 0.6 is 0 Å². The van der Waals surface area contributed by atoms with Crippen molar-refractivity contribution in [3.05, 3.63) is 41.7 Å². The summed E-state index contributed by atoms with van der Waals surface area (Å²) < 4.78 is 2.20. The fourth-order valence-electron chi connectivity index (χ4n) is 3.56. The molecule has 1 aliphatic carbocycles. The third-order valence-electron chi connectivity index (χ3n) is 5.08. The number of hydrogen-bond acceptors (Lipinski definition) is 3. The fraction of sp³-hybridized carbons (Fsp3) is 0.500. The molecular weight excluding hydrogens is 272 g/mol. The van der Waals surface area contributed by atoms with E-state index in [1.165, 1.54) is 41.9 Å². The minimum Gasteiger partial charge on any atom is -0.366 e. The van der Waals surface area contributed by atoms with Gasteiger partial charge in [0, 0.05) is 32.1 Å². The number of anilines is 1. The predicted molar refractivity (Wildman–Crippen MR) is 90.0 cm³/mol. The van der Waals surface area contributed by atoms with Crippen molar-refractivity contribution < 1.29 is 0 Å². The lowest BCUT2D eigenvalue weighted by molar-refractivity contribution is 0.402. The Morgan fingerprint density at radius 3 is 2.55 bits per heavy atom. The number of hydrogen-bond donors (Lipinski definition) is 1. The third kappa shape index (κ3) is 2.31. The van der Waals surface area contributed by atoms with Gasteiger partial charge in [-0.1, -0.05) is 24.6 Å². The van der Waals surface area contributed by atoms with Crippen molar-refractivity contribution in [3.63, 3.8) is 0 Å². The Morgan fingerprint density at radius 1 is 1.09 bits per heavy atom. The van der Waals surface area contributed by atoms with Gasteiger partial charge in [0.25, 0.3) is 0 Å². The monoisotopic (exact) mass is 296 g/mol. The second kappa shape index (κ2) is 5.76. The highest BCUT2D eigenvalue weighted by Crippen LogP contribution is 2.42. The maximum Gasteiger partial charge on any atom is 0.0793 e. The molecular formula is C18H24N4. The van der Waals surface area contributed by atoms with E-state index >= 15 is 0 Å². The fourth-order valence-corrected chi connectivity index (χ4v) is 3.56. The Hall–Kier alpha value is -1.81. The van der Waals surface area contributed by atoms with Crippen molar-refractivity contribution >= 4 is 5.69 Å². The lowest BCUT2D eigenvalue weighted by Crippen LogP contribution is -2.44. The van der Waals surface area contributed by atoms with Crippen molar-refractivity contribution in [2.45, 2.75) is 32.1 Å². The smallest absolute Gasteiger partial charge is 0.0793 e. The summed E-state index contributed by atoms with van der Waals surface area (Å²) in [5.41, 5.74) is 5.31. The predicted octanol–water partition coefficient (Wildman–Crippen LogP) is 2.86. The average molecular weight is 296 g/mol. The van der Waals surface area contributed by atoms with Gasteiger partial charge in [0.15, 0.2) is 0 Å². The number of benzene rings is 1. The zero-order valence-corrected chi connectivity index (χ0v) is 13.3. The number of piperazine rings is 1. The van der Waals surface area contributed by atoms with Gasteiger partial charge in [-0.25, -0.2) is 4.68 Å². The van der Waals surface area contributed by atoms with Gasteiger partial charge in [-0.3, -0.25) is 0 Å². The number of aryl methyl sites for hydroxylation is 1. The van der Waals surface area contributed by atoms with Crippen molar-refractivity contribution in [1.82, 2.24) is 15.1 Å². The maximum atomic E-state index is 4.78. The Kier molecular flexibility index (Phi) is 3.62. The van der Waals surface area contributed by atoms with E-state index in [-0.39, 0.29) is 0 Å². The Bertz CT molecular complexity index is 651. The lowest BCUT2D eigenvalue weighted by atomic mass is 9.82. The molecule has 2 aliphatic rings. The maximum absolute atomic E-state index is 4.78. The van der Waals surface area contributed by atoms with Crippen LogP contribution in [0.2, 0.25) is 0 Å². The van der Waals surface area contributed by atoms with Crippen LogP contribution in [0, 0.1) is 6.92 Å². The molecule has 1 N–H and O–H groups in total. The highest BCUT2D eigenvalue weighted by molar-refractivity contribution is 5.56. The molecule has 0 radical (unpaired) electrons. The average Bonchev–Trinajstić information content (AvgIpc) is 2.91. The summed E-state index contributed by atoms with van der Waals surface area (Å²) in [6.07, 6.45) is 6.04. The number of nitrogens with zero attached hydrogens (tertiary/aromatic N) is 3. The van der Waals surface area contributed by atoms with E-state index in [9.17, 15) is 0 Å². The molecule has 2 aromatic rings. The standard InChI is InChI=1S/C18H24N4/c1-14-5-2-3-8-16(14)22-18(15-6-4-7-15)17(13-20-22)21-11-9-19-10-12-21/h2-3,5,8,13,15,19H,4,6-7,9-12H2,1H3. The zero-order valence-electron chi connectivity index (χ0n) is 13.3. The largest absolute Gasteiger partial charge is 0.366 e. The molecule has 116 valence electrons. The lowest BCUT2D eigenvalue weighted by Gasteiger charge is -2.33. The van der Waals surface area contributed by atoms with Crippen molar-refractivity contribution in [1.29, 1.82) is 0 Å². The molecule has 4 heteroatoms. The summed E-state index contributed by atoms with van der Waals surface area (Å²) in [6.45, 7) is 6.48. The molecule has 4 rings (SSSR count). The van der Waals surface area contributed by atoms with Gasteiger partial charge in [-0.05, 0) is 31.4 Å². The van der Waals surface area contributed by atoms with Crippen molar-refractivity contribution in [2.24, 2.45) is 0 Å².